The van der Waals surface area contributed by atoms with Crippen molar-refractivity contribution in [3.05, 3.63) is 52.8 Å². The molecule has 2 aromatic rings. The number of hydrogen-bond donors (Lipinski definition) is 1. The molecule has 0 bridgehead atoms. The molecule has 0 aliphatic heterocycles. The molecule has 0 radical (unpaired) electrons. The number of nitrogens with zero attached hydrogens (tertiary/aromatic N) is 3. The summed E-state index contributed by atoms with van der Waals surface area (Å²) in [6, 6.07) is 3.80. The summed E-state index contributed by atoms with van der Waals surface area (Å²) in [5.41, 5.74) is 0.694. The van der Waals surface area contributed by atoms with Crippen molar-refractivity contribution in [1.82, 2.24) is 14.5 Å². The van der Waals surface area contributed by atoms with E-state index < -0.39 is 0 Å². The van der Waals surface area contributed by atoms with Crippen LogP contribution in [0.25, 0.3) is 0 Å². The van der Waals surface area contributed by atoms with E-state index in [0.717, 1.165) is 5.56 Å². The monoisotopic (exact) mass is 258 g/mol. The van der Waals surface area contributed by atoms with Crippen LogP contribution in [-0.4, -0.2) is 14.5 Å². The molecule has 100 valence electrons. The second kappa shape index (κ2) is 5.22. The van der Waals surface area contributed by atoms with Gasteiger partial charge in [-0.05, 0) is 38.5 Å². The molecule has 0 amide bonds. The molecule has 19 heavy (non-hydrogen) atoms. The third-order valence-electron chi connectivity index (χ3n) is 2.77. The van der Waals surface area contributed by atoms with E-state index in [1.165, 1.54) is 0 Å². The quantitative estimate of drug-likeness (QED) is 0.914. The average molecular weight is 258 g/mol. The van der Waals surface area contributed by atoms with Gasteiger partial charge in [0, 0.05) is 36.9 Å². The van der Waals surface area contributed by atoms with E-state index in [9.17, 15) is 4.79 Å². The minimum Gasteiger partial charge on any atom is -0.361 e. The van der Waals surface area contributed by atoms with Gasteiger partial charge >= 0.3 is 0 Å². The summed E-state index contributed by atoms with van der Waals surface area (Å²) in [6.07, 6.45) is 6.80. The molecular weight excluding hydrogens is 240 g/mol. The Balaban J connectivity index is 2.20. The van der Waals surface area contributed by atoms with Crippen LogP contribution in [0.2, 0.25) is 0 Å². The first kappa shape index (κ1) is 13.3. The van der Waals surface area contributed by atoms with Crippen LogP contribution in [0, 0.1) is 0 Å². The Morgan fingerprint density at radius 2 is 1.89 bits per heavy atom. The summed E-state index contributed by atoms with van der Waals surface area (Å²) >= 11 is 0. The molecule has 0 atom stereocenters. The van der Waals surface area contributed by atoms with E-state index in [1.807, 2.05) is 32.9 Å². The van der Waals surface area contributed by atoms with E-state index in [-0.39, 0.29) is 11.1 Å². The van der Waals surface area contributed by atoms with Crippen LogP contribution in [0.3, 0.4) is 0 Å². The molecule has 0 saturated heterocycles. The zero-order valence-corrected chi connectivity index (χ0v) is 11.4. The van der Waals surface area contributed by atoms with Crippen molar-refractivity contribution in [2.75, 3.05) is 5.32 Å². The van der Waals surface area contributed by atoms with Crippen LogP contribution in [0.1, 0.15) is 26.3 Å². The standard InChI is InChI=1S/C14H18N4O/c1-14(2,3)18-9-8-16-12(13(18)19)17-10-11-4-6-15-7-5-11/h4-9H,10H2,1-3H3,(H,16,17). The summed E-state index contributed by atoms with van der Waals surface area (Å²) in [6.45, 7) is 6.52. The maximum absolute atomic E-state index is 12.3. The SMILES string of the molecule is CC(C)(C)n1ccnc(NCc2ccncc2)c1=O. The van der Waals surface area contributed by atoms with Gasteiger partial charge in [0.05, 0.1) is 0 Å². The van der Waals surface area contributed by atoms with E-state index >= 15 is 0 Å². The lowest BCUT2D eigenvalue weighted by Crippen LogP contribution is -2.35. The first-order valence-electron chi connectivity index (χ1n) is 6.19. The average Bonchev–Trinajstić information content (AvgIpc) is 2.37. The highest BCUT2D eigenvalue weighted by molar-refractivity contribution is 5.32. The Morgan fingerprint density at radius 3 is 2.53 bits per heavy atom. The predicted molar refractivity (Wildman–Crippen MR) is 75.1 cm³/mol. The van der Waals surface area contributed by atoms with Gasteiger partial charge in [-0.15, -0.1) is 0 Å². The van der Waals surface area contributed by atoms with Gasteiger partial charge in [-0.2, -0.15) is 0 Å². The molecule has 0 aromatic carbocycles. The molecule has 2 rings (SSSR count). The smallest absolute Gasteiger partial charge is 0.293 e. The highest BCUT2D eigenvalue weighted by Gasteiger charge is 2.16. The van der Waals surface area contributed by atoms with E-state index in [4.69, 9.17) is 0 Å². The van der Waals surface area contributed by atoms with Crippen molar-refractivity contribution < 1.29 is 0 Å². The molecule has 5 nitrogen and oxygen atoms in total. The van der Waals surface area contributed by atoms with E-state index in [2.05, 4.69) is 15.3 Å². The molecule has 1 N–H and O–H groups in total. The number of hydrogen-bond acceptors (Lipinski definition) is 4. The van der Waals surface area contributed by atoms with Crippen LogP contribution >= 0.6 is 0 Å². The Hall–Kier alpha value is -2.17. The van der Waals surface area contributed by atoms with Gasteiger partial charge in [0.15, 0.2) is 5.82 Å². The summed E-state index contributed by atoms with van der Waals surface area (Å²) in [5.74, 6) is 0.370. The van der Waals surface area contributed by atoms with Crippen LogP contribution < -0.4 is 10.9 Å². The number of nitrogens with one attached hydrogen (secondary N) is 1. The Kier molecular flexibility index (Phi) is 3.64. The topological polar surface area (TPSA) is 59.8 Å². The van der Waals surface area contributed by atoms with Crippen molar-refractivity contribution in [3.8, 4) is 0 Å². The zero-order chi connectivity index (χ0) is 13.9. The zero-order valence-electron chi connectivity index (χ0n) is 11.4. The van der Waals surface area contributed by atoms with Gasteiger partial charge in [-0.25, -0.2) is 4.98 Å². The molecular formula is C14H18N4O. The Labute approximate surface area is 112 Å². The van der Waals surface area contributed by atoms with Crippen molar-refractivity contribution in [2.45, 2.75) is 32.9 Å². The summed E-state index contributed by atoms with van der Waals surface area (Å²) < 4.78 is 1.68. The Bertz CT molecular complexity index is 599. The molecule has 2 aromatic heterocycles. The van der Waals surface area contributed by atoms with Gasteiger partial charge in [0.2, 0.25) is 0 Å². The molecule has 5 heteroatoms. The lowest BCUT2D eigenvalue weighted by atomic mass is 10.1. The fraction of sp³-hybridized carbons (Fsp3) is 0.357. The van der Waals surface area contributed by atoms with Crippen LogP contribution in [-0.2, 0) is 12.1 Å². The normalized spacial score (nSPS) is 11.3. The van der Waals surface area contributed by atoms with Gasteiger partial charge in [-0.1, -0.05) is 0 Å². The van der Waals surface area contributed by atoms with Gasteiger partial charge < -0.3 is 9.88 Å². The molecule has 0 aliphatic carbocycles. The van der Waals surface area contributed by atoms with Gasteiger partial charge in [0.25, 0.3) is 5.56 Å². The summed E-state index contributed by atoms with van der Waals surface area (Å²) in [4.78, 5) is 20.3. The minimum atomic E-state index is -0.257. The van der Waals surface area contributed by atoms with Gasteiger partial charge in [0.1, 0.15) is 0 Å². The van der Waals surface area contributed by atoms with Gasteiger partial charge in [-0.3, -0.25) is 9.78 Å². The second-order valence-corrected chi connectivity index (χ2v) is 5.33. The summed E-state index contributed by atoms with van der Waals surface area (Å²) in [5, 5.41) is 3.07. The molecule has 0 unspecified atom stereocenters. The fourth-order valence-electron chi connectivity index (χ4n) is 1.75. The molecule has 2 heterocycles. The largest absolute Gasteiger partial charge is 0.361 e. The van der Waals surface area contributed by atoms with E-state index in [1.54, 1.807) is 29.4 Å². The lowest BCUT2D eigenvalue weighted by Gasteiger charge is -2.22. The van der Waals surface area contributed by atoms with Crippen molar-refractivity contribution in [2.24, 2.45) is 0 Å². The maximum atomic E-state index is 12.3. The molecule has 0 spiro atoms. The Morgan fingerprint density at radius 1 is 1.21 bits per heavy atom. The van der Waals surface area contributed by atoms with Crippen LogP contribution in [0.15, 0.2) is 41.7 Å². The first-order chi connectivity index (χ1) is 8.98. The maximum Gasteiger partial charge on any atom is 0.293 e. The third kappa shape index (κ3) is 3.19. The lowest BCUT2D eigenvalue weighted by molar-refractivity contribution is 0.383. The summed E-state index contributed by atoms with van der Waals surface area (Å²) in [7, 11) is 0. The number of aromatic nitrogens is 3. The van der Waals surface area contributed by atoms with Crippen molar-refractivity contribution >= 4 is 5.82 Å². The molecule has 0 aliphatic rings. The molecule has 0 saturated carbocycles. The highest BCUT2D eigenvalue weighted by atomic mass is 16.1. The number of pyridine rings is 1. The highest BCUT2D eigenvalue weighted by Crippen LogP contribution is 2.11. The third-order valence-corrected chi connectivity index (χ3v) is 2.77. The number of anilines is 1. The van der Waals surface area contributed by atoms with Crippen molar-refractivity contribution in [3.63, 3.8) is 0 Å². The van der Waals surface area contributed by atoms with Crippen molar-refractivity contribution in [1.29, 1.82) is 0 Å². The van der Waals surface area contributed by atoms with E-state index in [0.29, 0.717) is 12.4 Å². The van der Waals surface area contributed by atoms with Crippen LogP contribution in [0.4, 0.5) is 5.82 Å². The fourth-order valence-corrected chi connectivity index (χ4v) is 1.75. The second-order valence-electron chi connectivity index (χ2n) is 5.33. The first-order valence-corrected chi connectivity index (χ1v) is 6.19. The molecule has 0 fully saturated rings. The van der Waals surface area contributed by atoms with Crippen LogP contribution in [0.5, 0.6) is 0 Å². The number of rotatable bonds is 3. The predicted octanol–water partition coefficient (Wildman–Crippen LogP) is 2.01. The minimum absolute atomic E-state index is 0.107.